The van der Waals surface area contributed by atoms with E-state index in [0.29, 0.717) is 5.41 Å². The van der Waals surface area contributed by atoms with E-state index in [-0.39, 0.29) is 6.04 Å². The van der Waals surface area contributed by atoms with Crippen molar-refractivity contribution in [2.24, 2.45) is 11.3 Å². The van der Waals surface area contributed by atoms with Crippen molar-refractivity contribution >= 4 is 23.2 Å². The largest absolute Gasteiger partial charge is 0.310 e. The van der Waals surface area contributed by atoms with Crippen LogP contribution >= 0.6 is 23.2 Å². The minimum Gasteiger partial charge on any atom is -0.310 e. The Morgan fingerprint density at radius 3 is 2.65 bits per heavy atom. The van der Waals surface area contributed by atoms with E-state index < -0.39 is 0 Å². The second-order valence-corrected chi connectivity index (χ2v) is 6.53. The van der Waals surface area contributed by atoms with Crippen molar-refractivity contribution in [1.29, 1.82) is 0 Å². The second kappa shape index (κ2) is 4.79. The average molecular weight is 272 g/mol. The molecule has 1 fully saturated rings. The van der Waals surface area contributed by atoms with Gasteiger partial charge in [-0.05, 0) is 55.0 Å². The Labute approximate surface area is 114 Å². The van der Waals surface area contributed by atoms with Crippen LogP contribution in [0.1, 0.15) is 38.8 Å². The third-order valence-corrected chi connectivity index (χ3v) is 4.39. The Kier molecular flexibility index (Phi) is 3.72. The van der Waals surface area contributed by atoms with E-state index in [4.69, 9.17) is 23.2 Å². The van der Waals surface area contributed by atoms with E-state index >= 15 is 0 Å². The molecule has 0 aromatic heterocycles. The zero-order valence-corrected chi connectivity index (χ0v) is 12.1. The highest BCUT2D eigenvalue weighted by Gasteiger charge is 2.44. The molecule has 0 heterocycles. The zero-order chi connectivity index (χ0) is 12.6. The molecule has 3 heteroatoms. The topological polar surface area (TPSA) is 12.0 Å². The van der Waals surface area contributed by atoms with E-state index in [1.54, 1.807) is 0 Å². The maximum Gasteiger partial charge on any atom is 0.0454 e. The van der Waals surface area contributed by atoms with Crippen LogP contribution in [0, 0.1) is 11.3 Å². The average Bonchev–Trinajstić information content (AvgIpc) is 2.87. The lowest BCUT2D eigenvalue weighted by molar-refractivity contribution is 0.485. The van der Waals surface area contributed by atoms with Gasteiger partial charge in [0.05, 0.1) is 0 Å². The molecule has 1 aliphatic carbocycles. The van der Waals surface area contributed by atoms with E-state index in [1.165, 1.54) is 6.42 Å². The fraction of sp³-hybridized carbons (Fsp3) is 0.571. The predicted octanol–water partition coefficient (Wildman–Crippen LogP) is 4.69. The zero-order valence-electron chi connectivity index (χ0n) is 10.6. The molecule has 1 N–H and O–H groups in total. The fourth-order valence-corrected chi connectivity index (χ4v) is 2.66. The fourth-order valence-electron chi connectivity index (χ4n) is 2.20. The van der Waals surface area contributed by atoms with Crippen molar-refractivity contribution in [3.63, 3.8) is 0 Å². The van der Waals surface area contributed by atoms with Crippen LogP contribution in [-0.4, -0.2) is 6.54 Å². The molecule has 2 rings (SSSR count). The Morgan fingerprint density at radius 2 is 2.06 bits per heavy atom. The molecule has 94 valence electrons. The van der Waals surface area contributed by atoms with E-state index in [1.807, 2.05) is 18.2 Å². The molecular formula is C14H19Cl2N. The number of nitrogens with one attached hydrogen (secondary N) is 1. The molecule has 1 aromatic rings. The summed E-state index contributed by atoms with van der Waals surface area (Å²) in [6.07, 6.45) is 1.32. The highest BCUT2D eigenvalue weighted by atomic mass is 35.5. The van der Waals surface area contributed by atoms with Gasteiger partial charge in [-0.1, -0.05) is 37.0 Å². The maximum absolute atomic E-state index is 6.18. The van der Waals surface area contributed by atoms with Gasteiger partial charge in [0.15, 0.2) is 0 Å². The summed E-state index contributed by atoms with van der Waals surface area (Å²) in [5.74, 6) is 0.794. The molecule has 0 amide bonds. The Bertz CT molecular complexity index is 415. The van der Waals surface area contributed by atoms with Crippen molar-refractivity contribution in [3.05, 3.63) is 33.8 Å². The molecule has 0 spiro atoms. The first-order valence-corrected chi connectivity index (χ1v) is 6.84. The highest BCUT2D eigenvalue weighted by Crippen LogP contribution is 2.51. The summed E-state index contributed by atoms with van der Waals surface area (Å²) in [7, 11) is 0. The molecule has 0 bridgehead atoms. The molecule has 0 radical (unpaired) electrons. The number of halogens is 2. The first-order chi connectivity index (χ1) is 7.90. The molecule has 0 saturated heterocycles. The maximum atomic E-state index is 6.18. The lowest BCUT2D eigenvalue weighted by Crippen LogP contribution is -2.22. The summed E-state index contributed by atoms with van der Waals surface area (Å²) >= 11 is 12.2. The summed E-state index contributed by atoms with van der Waals surface area (Å²) in [4.78, 5) is 0. The Hall–Kier alpha value is -0.240. The van der Waals surface area contributed by atoms with E-state index in [2.05, 4.69) is 26.1 Å². The van der Waals surface area contributed by atoms with Gasteiger partial charge in [-0.25, -0.2) is 0 Å². The van der Waals surface area contributed by atoms with Gasteiger partial charge in [0.1, 0.15) is 0 Å². The number of hydrogen-bond acceptors (Lipinski definition) is 1. The third kappa shape index (κ3) is 3.15. The summed E-state index contributed by atoms with van der Waals surface area (Å²) in [6.45, 7) is 7.82. The second-order valence-electron chi connectivity index (χ2n) is 5.69. The van der Waals surface area contributed by atoms with Crippen molar-refractivity contribution in [1.82, 2.24) is 5.32 Å². The van der Waals surface area contributed by atoms with Gasteiger partial charge in [0, 0.05) is 16.1 Å². The van der Waals surface area contributed by atoms with Crippen molar-refractivity contribution in [2.75, 3.05) is 6.54 Å². The highest BCUT2D eigenvalue weighted by molar-refractivity contribution is 6.33. The summed E-state index contributed by atoms with van der Waals surface area (Å²) in [6, 6.07) is 5.87. The van der Waals surface area contributed by atoms with Crippen LogP contribution in [0.3, 0.4) is 0 Å². The van der Waals surface area contributed by atoms with Crippen LogP contribution in [0.15, 0.2) is 18.2 Å². The van der Waals surface area contributed by atoms with Gasteiger partial charge >= 0.3 is 0 Å². The molecule has 1 aromatic carbocycles. The summed E-state index contributed by atoms with van der Waals surface area (Å²) in [5, 5.41) is 5.06. The third-order valence-electron chi connectivity index (χ3n) is 3.81. The van der Waals surface area contributed by atoms with Gasteiger partial charge in [-0.15, -0.1) is 0 Å². The van der Waals surface area contributed by atoms with Crippen molar-refractivity contribution < 1.29 is 0 Å². The van der Waals surface area contributed by atoms with Gasteiger partial charge in [0.25, 0.3) is 0 Å². The SMILES string of the molecule is CC(NCC1CC1(C)C)c1cc(Cl)ccc1Cl. The lowest BCUT2D eigenvalue weighted by atomic mass is 10.1. The monoisotopic (exact) mass is 271 g/mol. The number of benzene rings is 1. The Morgan fingerprint density at radius 1 is 1.41 bits per heavy atom. The first-order valence-electron chi connectivity index (χ1n) is 6.08. The summed E-state index contributed by atoms with van der Waals surface area (Å²) < 4.78 is 0. The molecular weight excluding hydrogens is 253 g/mol. The molecule has 1 nitrogen and oxygen atoms in total. The van der Waals surface area contributed by atoms with Gasteiger partial charge in [-0.3, -0.25) is 0 Å². The standard InChI is InChI=1S/C14H19Cl2N/c1-9(17-8-10-7-14(10,2)3)12-6-11(15)4-5-13(12)16/h4-6,9-10,17H,7-8H2,1-3H3. The smallest absolute Gasteiger partial charge is 0.0454 e. The van der Waals surface area contributed by atoms with Crippen LogP contribution in [0.4, 0.5) is 0 Å². The lowest BCUT2D eigenvalue weighted by Gasteiger charge is -2.16. The van der Waals surface area contributed by atoms with Crippen LogP contribution in [-0.2, 0) is 0 Å². The minimum absolute atomic E-state index is 0.248. The minimum atomic E-state index is 0.248. The van der Waals surface area contributed by atoms with Gasteiger partial charge < -0.3 is 5.32 Å². The molecule has 2 atom stereocenters. The van der Waals surface area contributed by atoms with Crippen LogP contribution in [0.25, 0.3) is 0 Å². The van der Waals surface area contributed by atoms with E-state index in [9.17, 15) is 0 Å². The number of hydrogen-bond donors (Lipinski definition) is 1. The van der Waals surface area contributed by atoms with Crippen molar-refractivity contribution in [2.45, 2.75) is 33.2 Å². The molecule has 2 unspecified atom stereocenters. The Balaban J connectivity index is 1.95. The quantitative estimate of drug-likeness (QED) is 0.838. The van der Waals surface area contributed by atoms with Crippen LogP contribution < -0.4 is 5.32 Å². The van der Waals surface area contributed by atoms with Gasteiger partial charge in [-0.2, -0.15) is 0 Å². The van der Waals surface area contributed by atoms with E-state index in [0.717, 1.165) is 28.1 Å². The van der Waals surface area contributed by atoms with Crippen molar-refractivity contribution in [3.8, 4) is 0 Å². The number of rotatable bonds is 4. The summed E-state index contributed by atoms with van der Waals surface area (Å²) in [5.41, 5.74) is 1.60. The predicted molar refractivity (Wildman–Crippen MR) is 74.8 cm³/mol. The van der Waals surface area contributed by atoms with Crippen LogP contribution in [0.5, 0.6) is 0 Å². The van der Waals surface area contributed by atoms with Gasteiger partial charge in [0.2, 0.25) is 0 Å². The molecule has 1 aliphatic rings. The van der Waals surface area contributed by atoms with Crippen LogP contribution in [0.2, 0.25) is 10.0 Å². The molecule has 0 aliphatic heterocycles. The first kappa shape index (κ1) is 13.2. The molecule has 17 heavy (non-hydrogen) atoms. The normalized spacial score (nSPS) is 23.5. The molecule has 1 saturated carbocycles.